The first-order valence-corrected chi connectivity index (χ1v) is 19.3. The lowest BCUT2D eigenvalue weighted by molar-refractivity contribution is 0.740. The first-order chi connectivity index (χ1) is 26.0. The van der Waals surface area contributed by atoms with Crippen LogP contribution in [0.4, 0.5) is 0 Å². The summed E-state index contributed by atoms with van der Waals surface area (Å²) in [5.41, 5.74) is 25.1. The van der Waals surface area contributed by atoms with Crippen molar-refractivity contribution in [2.45, 2.75) is 39.0 Å². The highest BCUT2D eigenvalue weighted by Crippen LogP contribution is 2.60. The van der Waals surface area contributed by atoms with E-state index in [4.69, 9.17) is 0 Å². The predicted molar refractivity (Wildman–Crippen MR) is 226 cm³/mol. The molecule has 0 radical (unpaired) electrons. The molecule has 0 saturated carbocycles. The van der Waals surface area contributed by atoms with Crippen LogP contribution in [0.15, 0.2) is 133 Å². The molecule has 5 aliphatic carbocycles. The third-order valence-electron chi connectivity index (χ3n) is 13.2. The van der Waals surface area contributed by atoms with E-state index in [9.17, 15) is 0 Å². The van der Waals surface area contributed by atoms with Crippen LogP contribution < -0.4 is 0 Å². The van der Waals surface area contributed by atoms with Gasteiger partial charge in [0.2, 0.25) is 0 Å². The van der Waals surface area contributed by atoms with Gasteiger partial charge in [0, 0.05) is 11.8 Å². The summed E-state index contributed by atoms with van der Waals surface area (Å²) in [6.07, 6.45) is 15.5. The Bertz CT molecular complexity index is 2960. The molecule has 0 spiro atoms. The molecule has 53 heavy (non-hydrogen) atoms. The van der Waals surface area contributed by atoms with Crippen LogP contribution in [0.3, 0.4) is 0 Å². The highest BCUT2D eigenvalue weighted by molar-refractivity contribution is 6.20. The minimum absolute atomic E-state index is 0.306. The average molecular weight is 675 g/mol. The van der Waals surface area contributed by atoms with E-state index < -0.39 is 0 Å². The number of fused-ring (bicyclic) bond motifs is 11. The second kappa shape index (κ2) is 10.6. The van der Waals surface area contributed by atoms with Crippen molar-refractivity contribution in [2.24, 2.45) is 5.92 Å². The van der Waals surface area contributed by atoms with Crippen LogP contribution in [0.1, 0.15) is 69.7 Å². The molecule has 0 heterocycles. The third kappa shape index (κ3) is 3.91. The van der Waals surface area contributed by atoms with Crippen LogP contribution in [-0.4, -0.2) is 0 Å². The molecule has 0 N–H and O–H groups in total. The van der Waals surface area contributed by atoms with Gasteiger partial charge in [-0.3, -0.25) is 0 Å². The lowest BCUT2D eigenvalue weighted by Crippen LogP contribution is -2.17. The molecule has 7 aromatic carbocycles. The second-order valence-electron chi connectivity index (χ2n) is 16.1. The lowest BCUT2D eigenvalue weighted by Gasteiger charge is -2.32. The molecule has 0 fully saturated rings. The van der Waals surface area contributed by atoms with Crippen LogP contribution in [0, 0.1) is 19.8 Å². The van der Waals surface area contributed by atoms with Gasteiger partial charge < -0.3 is 0 Å². The molecule has 0 aliphatic heterocycles. The Kier molecular flexibility index (Phi) is 5.89. The number of allylic oxidation sites excluding steroid dienone is 6. The summed E-state index contributed by atoms with van der Waals surface area (Å²) in [5, 5.41) is 5.41. The molecular weight excluding hydrogens is 637 g/mol. The van der Waals surface area contributed by atoms with Crippen LogP contribution in [0.5, 0.6) is 0 Å². The minimum atomic E-state index is 0.306. The van der Waals surface area contributed by atoms with Gasteiger partial charge in [-0.25, -0.2) is 0 Å². The summed E-state index contributed by atoms with van der Waals surface area (Å²) in [6.45, 7) is 6.92. The van der Waals surface area contributed by atoms with Crippen molar-refractivity contribution in [1.29, 1.82) is 0 Å². The second-order valence-corrected chi connectivity index (χ2v) is 16.1. The first-order valence-electron chi connectivity index (χ1n) is 19.3. The zero-order chi connectivity index (χ0) is 35.1. The highest BCUT2D eigenvalue weighted by atomic mass is 14.4. The topological polar surface area (TPSA) is 0 Å². The molecule has 0 heteroatoms. The molecule has 0 bridgehead atoms. The number of aryl methyl sites for hydroxylation is 2. The fraction of sp³-hybridized carbons (Fsp3) is 0.132. The number of hydrogen-bond donors (Lipinski definition) is 0. The van der Waals surface area contributed by atoms with E-state index in [0.717, 1.165) is 6.42 Å². The van der Waals surface area contributed by atoms with Crippen molar-refractivity contribution in [1.82, 2.24) is 0 Å². The van der Waals surface area contributed by atoms with Crippen LogP contribution in [-0.2, 0) is 0 Å². The van der Waals surface area contributed by atoms with Gasteiger partial charge in [-0.2, -0.15) is 0 Å². The van der Waals surface area contributed by atoms with E-state index in [1.165, 1.54) is 122 Å². The molecule has 0 saturated heterocycles. The summed E-state index contributed by atoms with van der Waals surface area (Å²) in [4.78, 5) is 0. The van der Waals surface area contributed by atoms with Crippen molar-refractivity contribution < 1.29 is 0 Å². The van der Waals surface area contributed by atoms with Crippen molar-refractivity contribution in [3.63, 3.8) is 0 Å². The molecule has 5 aliphatic rings. The van der Waals surface area contributed by atoms with E-state index >= 15 is 0 Å². The Hall–Kier alpha value is -5.98. The lowest BCUT2D eigenvalue weighted by atomic mass is 9.70. The molecule has 0 nitrogen and oxygen atoms in total. The van der Waals surface area contributed by atoms with Crippen molar-refractivity contribution in [2.75, 3.05) is 0 Å². The molecule has 0 amide bonds. The van der Waals surface area contributed by atoms with Gasteiger partial charge in [-0.1, -0.05) is 128 Å². The summed E-state index contributed by atoms with van der Waals surface area (Å²) in [6, 6.07) is 42.1. The quantitative estimate of drug-likeness (QED) is 0.171. The van der Waals surface area contributed by atoms with E-state index in [2.05, 4.69) is 166 Å². The molecule has 7 aromatic rings. The smallest absolute Gasteiger partial charge is 0.0206 e. The zero-order valence-corrected chi connectivity index (χ0v) is 30.3. The van der Waals surface area contributed by atoms with Crippen molar-refractivity contribution in [3.05, 3.63) is 178 Å². The molecular formula is C53H38. The van der Waals surface area contributed by atoms with Gasteiger partial charge >= 0.3 is 0 Å². The Morgan fingerprint density at radius 2 is 1.40 bits per heavy atom. The van der Waals surface area contributed by atoms with Gasteiger partial charge in [0.05, 0.1) is 0 Å². The van der Waals surface area contributed by atoms with Gasteiger partial charge in [-0.15, -0.1) is 0 Å². The summed E-state index contributed by atoms with van der Waals surface area (Å²) in [5.74, 6) is 1.16. The standard InChI is InChI=1S/C53H38/c1-29-9-6-11-33-20-18-31(3)51(50(29)33)35-22-24-38-44(26-35)40-14-8-16-42-45-27-47-37-23-21-34(49-30(2)17-19-32-10-4-5-12-36(32)49)25-43(37)39-13-7-15-41(52(39)47)46(45)28-48(38)53(40)42/h4-8,10-29,41,52H,9H2,1-3H3. The maximum absolute atomic E-state index is 2.56. The third-order valence-corrected chi connectivity index (χ3v) is 13.2. The maximum Gasteiger partial charge on any atom is 0.0206 e. The van der Waals surface area contributed by atoms with Crippen LogP contribution >= 0.6 is 0 Å². The summed E-state index contributed by atoms with van der Waals surface area (Å²) >= 11 is 0. The fourth-order valence-electron chi connectivity index (χ4n) is 10.9. The molecule has 0 aromatic heterocycles. The van der Waals surface area contributed by atoms with E-state index in [0.29, 0.717) is 17.8 Å². The average Bonchev–Trinajstić information content (AvgIpc) is 3.68. The van der Waals surface area contributed by atoms with Gasteiger partial charge in [0.1, 0.15) is 0 Å². The van der Waals surface area contributed by atoms with Gasteiger partial charge in [0.15, 0.2) is 0 Å². The monoisotopic (exact) mass is 674 g/mol. The molecule has 250 valence electrons. The summed E-state index contributed by atoms with van der Waals surface area (Å²) < 4.78 is 0. The molecule has 3 unspecified atom stereocenters. The van der Waals surface area contributed by atoms with Crippen molar-refractivity contribution in [3.8, 4) is 44.5 Å². The van der Waals surface area contributed by atoms with Crippen molar-refractivity contribution >= 4 is 44.8 Å². The van der Waals surface area contributed by atoms with Gasteiger partial charge in [0.25, 0.3) is 0 Å². The Balaban J connectivity index is 1.03. The Labute approximate surface area is 311 Å². The maximum atomic E-state index is 2.56. The highest BCUT2D eigenvalue weighted by Gasteiger charge is 2.42. The SMILES string of the molecule is Cc1ccc2c(c1-c1ccc3c(c1)-c1cccc4c5c(cc-3c14)C1C=CC=C3c4cc(-c6c(C)ccc7ccccc67)ccc4C(=C5)C31)C(C)CC=C2. The number of rotatable bonds is 2. The largest absolute Gasteiger partial charge is 0.0833 e. The van der Waals surface area contributed by atoms with E-state index in [-0.39, 0.29) is 0 Å². The predicted octanol–water partition coefficient (Wildman–Crippen LogP) is 14.3. The Morgan fingerprint density at radius 3 is 2.32 bits per heavy atom. The van der Waals surface area contributed by atoms with Gasteiger partial charge in [-0.05, 0) is 172 Å². The van der Waals surface area contributed by atoms with Crippen LogP contribution in [0.2, 0.25) is 0 Å². The zero-order valence-electron chi connectivity index (χ0n) is 30.3. The normalized spacial score (nSPS) is 19.4. The minimum Gasteiger partial charge on any atom is -0.0833 e. The van der Waals surface area contributed by atoms with E-state index in [1.54, 1.807) is 0 Å². The Morgan fingerprint density at radius 1 is 0.604 bits per heavy atom. The summed E-state index contributed by atoms with van der Waals surface area (Å²) in [7, 11) is 0. The number of benzene rings is 7. The molecule has 3 atom stereocenters. The first kappa shape index (κ1) is 29.6. The van der Waals surface area contributed by atoms with Crippen LogP contribution in [0.25, 0.3) is 89.4 Å². The molecule has 12 rings (SSSR count). The van der Waals surface area contributed by atoms with E-state index in [1.807, 2.05) is 0 Å². The number of hydrogen-bond acceptors (Lipinski definition) is 0. The fourth-order valence-corrected chi connectivity index (χ4v) is 10.9.